The Bertz CT molecular complexity index is 309. The number of oxime groups is 1. The van der Waals surface area contributed by atoms with E-state index >= 15 is 0 Å². The zero-order valence-corrected chi connectivity index (χ0v) is 9.36. The average molecular weight is 211 g/mol. The smallest absolute Gasteiger partial charge is 0.133 e. The van der Waals surface area contributed by atoms with E-state index in [4.69, 9.17) is 5.21 Å². The van der Waals surface area contributed by atoms with E-state index in [2.05, 4.69) is 5.16 Å². The van der Waals surface area contributed by atoms with Crippen molar-refractivity contribution in [2.75, 3.05) is 0 Å². The molecular formula is C11H17NO3. The van der Waals surface area contributed by atoms with Crippen molar-refractivity contribution in [1.82, 2.24) is 0 Å². The van der Waals surface area contributed by atoms with Crippen LogP contribution >= 0.6 is 0 Å². The summed E-state index contributed by atoms with van der Waals surface area (Å²) in [4.78, 5) is 22.7. The molecule has 0 heterocycles. The molecule has 15 heavy (non-hydrogen) atoms. The molecule has 1 aliphatic rings. The Morgan fingerprint density at radius 3 is 2.33 bits per heavy atom. The lowest BCUT2D eigenvalue weighted by Crippen LogP contribution is -2.37. The minimum Gasteiger partial charge on any atom is -0.411 e. The molecule has 0 aromatic heterocycles. The van der Waals surface area contributed by atoms with Crippen molar-refractivity contribution < 1.29 is 14.8 Å². The maximum absolute atomic E-state index is 11.4. The third-order valence-corrected chi connectivity index (χ3v) is 3.35. The molecule has 0 aliphatic heterocycles. The van der Waals surface area contributed by atoms with Gasteiger partial charge in [0.2, 0.25) is 0 Å². The molecule has 0 radical (unpaired) electrons. The van der Waals surface area contributed by atoms with Crippen molar-refractivity contribution in [2.45, 2.75) is 33.6 Å². The first-order valence-corrected chi connectivity index (χ1v) is 5.19. The molecule has 1 N–H and O–H groups in total. The number of rotatable bonds is 2. The van der Waals surface area contributed by atoms with Crippen LogP contribution in [-0.4, -0.2) is 22.5 Å². The molecule has 1 saturated carbocycles. The fourth-order valence-corrected chi connectivity index (χ4v) is 2.22. The fourth-order valence-electron chi connectivity index (χ4n) is 2.22. The zero-order valence-electron chi connectivity index (χ0n) is 9.36. The highest BCUT2D eigenvalue weighted by atomic mass is 16.4. The molecule has 1 aliphatic carbocycles. The predicted octanol–water partition coefficient (Wildman–Crippen LogP) is 1.66. The minimum absolute atomic E-state index is 0.0527. The van der Waals surface area contributed by atoms with Gasteiger partial charge in [0.05, 0.1) is 5.71 Å². The number of nitrogens with zero attached hydrogens (tertiary/aromatic N) is 1. The highest BCUT2D eigenvalue weighted by Gasteiger charge is 2.36. The molecule has 4 nitrogen and oxygen atoms in total. The second-order valence-electron chi connectivity index (χ2n) is 4.34. The summed E-state index contributed by atoms with van der Waals surface area (Å²) in [6.45, 7) is 4.92. The Morgan fingerprint density at radius 2 is 1.93 bits per heavy atom. The van der Waals surface area contributed by atoms with Gasteiger partial charge in [0.15, 0.2) is 0 Å². The van der Waals surface area contributed by atoms with Gasteiger partial charge in [-0.15, -0.1) is 0 Å². The van der Waals surface area contributed by atoms with Gasteiger partial charge in [0.1, 0.15) is 11.6 Å². The van der Waals surface area contributed by atoms with E-state index in [0.29, 0.717) is 18.6 Å². The SMILES string of the molecule is CC(=O)[C@@H]1C/C(=N/O)C(C)[C@@H](C(C)=O)C1. The molecule has 4 heteroatoms. The van der Waals surface area contributed by atoms with Crippen LogP contribution in [0, 0.1) is 17.8 Å². The summed E-state index contributed by atoms with van der Waals surface area (Å²) in [5.74, 6) is -0.272. The molecule has 1 unspecified atom stereocenters. The summed E-state index contributed by atoms with van der Waals surface area (Å²) in [5, 5.41) is 12.0. The molecule has 0 amide bonds. The molecule has 0 spiro atoms. The maximum Gasteiger partial charge on any atom is 0.133 e. The molecule has 0 aromatic rings. The first-order valence-electron chi connectivity index (χ1n) is 5.19. The van der Waals surface area contributed by atoms with Gasteiger partial charge in [-0.3, -0.25) is 9.59 Å². The maximum atomic E-state index is 11.4. The van der Waals surface area contributed by atoms with Crippen LogP contribution in [0.4, 0.5) is 0 Å². The van der Waals surface area contributed by atoms with Gasteiger partial charge in [-0.05, 0) is 26.7 Å². The zero-order chi connectivity index (χ0) is 11.6. The molecular weight excluding hydrogens is 194 g/mol. The van der Waals surface area contributed by atoms with Crippen LogP contribution in [0.2, 0.25) is 0 Å². The molecule has 0 aromatic carbocycles. The highest BCUT2D eigenvalue weighted by molar-refractivity contribution is 5.96. The van der Waals surface area contributed by atoms with Crippen LogP contribution in [0.3, 0.4) is 0 Å². The van der Waals surface area contributed by atoms with Crippen molar-refractivity contribution in [1.29, 1.82) is 0 Å². The second-order valence-corrected chi connectivity index (χ2v) is 4.34. The van der Waals surface area contributed by atoms with Crippen molar-refractivity contribution in [3.63, 3.8) is 0 Å². The van der Waals surface area contributed by atoms with Crippen molar-refractivity contribution in [2.24, 2.45) is 22.9 Å². The van der Waals surface area contributed by atoms with Crippen molar-refractivity contribution in [3.8, 4) is 0 Å². The van der Waals surface area contributed by atoms with E-state index in [0.717, 1.165) is 0 Å². The number of ketones is 2. The Balaban J connectivity index is 2.91. The average Bonchev–Trinajstić information content (AvgIpc) is 2.17. The quantitative estimate of drug-likeness (QED) is 0.558. The van der Waals surface area contributed by atoms with E-state index < -0.39 is 0 Å². The summed E-state index contributed by atoms with van der Waals surface area (Å²) in [6, 6.07) is 0. The van der Waals surface area contributed by atoms with Gasteiger partial charge in [-0.25, -0.2) is 0 Å². The Hall–Kier alpha value is -1.19. The lowest BCUT2D eigenvalue weighted by atomic mass is 9.71. The summed E-state index contributed by atoms with van der Waals surface area (Å²) in [5.41, 5.74) is 0.571. The first-order chi connectivity index (χ1) is 6.97. The van der Waals surface area contributed by atoms with Crippen LogP contribution in [0.25, 0.3) is 0 Å². The lowest BCUT2D eigenvalue weighted by molar-refractivity contribution is -0.125. The van der Waals surface area contributed by atoms with Gasteiger partial charge < -0.3 is 5.21 Å². The summed E-state index contributed by atoms with van der Waals surface area (Å²) < 4.78 is 0. The third kappa shape index (κ3) is 2.43. The first kappa shape index (κ1) is 11.9. The molecule has 1 rings (SSSR count). The standard InChI is InChI=1S/C11H17NO3/c1-6-10(8(3)14)4-9(7(2)13)5-11(6)12-15/h6,9-10,15H,4-5H2,1-3H3/b12-11-/t6?,9-,10-/m0/s1. The number of carbonyl (C=O) groups excluding carboxylic acids is 2. The van der Waals surface area contributed by atoms with Crippen molar-refractivity contribution >= 4 is 17.3 Å². The molecule has 1 fully saturated rings. The van der Waals surface area contributed by atoms with Crippen LogP contribution < -0.4 is 0 Å². The lowest BCUT2D eigenvalue weighted by Gasteiger charge is -2.32. The monoisotopic (exact) mass is 211 g/mol. The van der Waals surface area contributed by atoms with E-state index in [-0.39, 0.29) is 29.3 Å². The van der Waals surface area contributed by atoms with E-state index in [9.17, 15) is 9.59 Å². The van der Waals surface area contributed by atoms with E-state index in [1.165, 1.54) is 13.8 Å². The van der Waals surface area contributed by atoms with Crippen LogP contribution in [0.5, 0.6) is 0 Å². The Labute approximate surface area is 89.3 Å². The summed E-state index contributed by atoms with van der Waals surface area (Å²) in [6.07, 6.45) is 1.07. The van der Waals surface area contributed by atoms with Gasteiger partial charge in [-0.2, -0.15) is 0 Å². The summed E-state index contributed by atoms with van der Waals surface area (Å²) >= 11 is 0. The Kier molecular flexibility index (Phi) is 3.61. The van der Waals surface area contributed by atoms with Gasteiger partial charge in [-0.1, -0.05) is 12.1 Å². The molecule has 0 bridgehead atoms. The minimum atomic E-state index is -0.182. The van der Waals surface area contributed by atoms with Crippen LogP contribution in [0.15, 0.2) is 5.16 Å². The normalized spacial score (nSPS) is 34.1. The molecule has 3 atom stereocenters. The van der Waals surface area contributed by atoms with Crippen LogP contribution in [-0.2, 0) is 9.59 Å². The second kappa shape index (κ2) is 4.55. The molecule has 84 valence electrons. The highest BCUT2D eigenvalue weighted by Crippen LogP contribution is 2.33. The third-order valence-electron chi connectivity index (χ3n) is 3.35. The topological polar surface area (TPSA) is 66.7 Å². The Morgan fingerprint density at radius 1 is 1.33 bits per heavy atom. The number of carbonyl (C=O) groups is 2. The van der Waals surface area contributed by atoms with E-state index in [1.807, 2.05) is 6.92 Å². The molecule has 0 saturated heterocycles. The van der Waals surface area contributed by atoms with Gasteiger partial charge in [0.25, 0.3) is 0 Å². The van der Waals surface area contributed by atoms with E-state index in [1.54, 1.807) is 0 Å². The van der Waals surface area contributed by atoms with Gasteiger partial charge >= 0.3 is 0 Å². The van der Waals surface area contributed by atoms with Crippen molar-refractivity contribution in [3.05, 3.63) is 0 Å². The summed E-state index contributed by atoms with van der Waals surface area (Å²) in [7, 11) is 0. The van der Waals surface area contributed by atoms with Crippen LogP contribution in [0.1, 0.15) is 33.6 Å². The fraction of sp³-hybridized carbons (Fsp3) is 0.727. The number of Topliss-reactive ketones (excluding diaryl/α,β-unsaturated/α-hetero) is 2. The number of hydrogen-bond acceptors (Lipinski definition) is 4. The largest absolute Gasteiger partial charge is 0.411 e. The van der Waals surface area contributed by atoms with Gasteiger partial charge in [0, 0.05) is 17.8 Å². The predicted molar refractivity (Wildman–Crippen MR) is 56.0 cm³/mol. The number of hydrogen-bond donors (Lipinski definition) is 1.